The fourth-order valence-corrected chi connectivity index (χ4v) is 6.22. The van der Waals surface area contributed by atoms with Crippen LogP contribution < -0.4 is 19.5 Å². The maximum absolute atomic E-state index is 12.6. The average Bonchev–Trinajstić information content (AvgIpc) is 3.44. The Balaban J connectivity index is 1.19. The molecular formula is C24H24N2O5S2. The molecule has 9 heteroatoms. The Morgan fingerprint density at radius 1 is 0.939 bits per heavy atom. The van der Waals surface area contributed by atoms with Crippen molar-refractivity contribution < 1.29 is 22.7 Å². The van der Waals surface area contributed by atoms with Gasteiger partial charge in [-0.1, -0.05) is 24.6 Å². The lowest BCUT2D eigenvalue weighted by Gasteiger charge is -2.31. The number of anilines is 2. The van der Waals surface area contributed by atoms with Crippen LogP contribution in [0.5, 0.6) is 11.5 Å². The Labute approximate surface area is 196 Å². The van der Waals surface area contributed by atoms with E-state index in [4.69, 9.17) is 9.47 Å². The van der Waals surface area contributed by atoms with E-state index in [1.165, 1.54) is 6.42 Å². The molecule has 1 amide bonds. The van der Waals surface area contributed by atoms with Gasteiger partial charge in [-0.25, -0.2) is 8.42 Å². The van der Waals surface area contributed by atoms with Gasteiger partial charge in [0.2, 0.25) is 5.91 Å². The molecule has 1 spiro atoms. The maximum Gasteiger partial charge on any atom is 0.271 e. The number of hydrogen-bond donors (Lipinski definition) is 2. The second-order valence-electron chi connectivity index (χ2n) is 8.30. The number of sulfonamides is 1. The van der Waals surface area contributed by atoms with Crippen LogP contribution in [0.3, 0.4) is 0 Å². The zero-order chi connectivity index (χ0) is 22.9. The van der Waals surface area contributed by atoms with Crippen LogP contribution >= 0.6 is 11.3 Å². The van der Waals surface area contributed by atoms with Gasteiger partial charge < -0.3 is 14.8 Å². The van der Waals surface area contributed by atoms with Gasteiger partial charge in [0, 0.05) is 30.3 Å². The zero-order valence-electron chi connectivity index (χ0n) is 17.9. The van der Waals surface area contributed by atoms with Crippen molar-refractivity contribution in [3.63, 3.8) is 0 Å². The topological polar surface area (TPSA) is 93.7 Å². The Kier molecular flexibility index (Phi) is 5.76. The smallest absolute Gasteiger partial charge is 0.271 e. The van der Waals surface area contributed by atoms with Crippen LogP contribution in [-0.2, 0) is 21.2 Å². The summed E-state index contributed by atoms with van der Waals surface area (Å²) in [6.07, 6.45) is 5.30. The number of fused-ring (bicyclic) bond motifs is 1. The minimum atomic E-state index is -3.59. The third-order valence-corrected chi connectivity index (χ3v) is 8.54. The van der Waals surface area contributed by atoms with Gasteiger partial charge in [-0.05, 0) is 54.1 Å². The first-order valence-electron chi connectivity index (χ1n) is 10.9. The van der Waals surface area contributed by atoms with Gasteiger partial charge in [0.1, 0.15) is 4.21 Å². The van der Waals surface area contributed by atoms with Gasteiger partial charge in [0.25, 0.3) is 15.8 Å². The molecular weight excluding hydrogens is 460 g/mol. The van der Waals surface area contributed by atoms with Crippen molar-refractivity contribution in [1.29, 1.82) is 0 Å². The largest absolute Gasteiger partial charge is 0.448 e. The lowest BCUT2D eigenvalue weighted by molar-refractivity contribution is -0.115. The quantitative estimate of drug-likeness (QED) is 0.504. The number of nitrogens with one attached hydrogen (secondary N) is 2. The molecule has 1 fully saturated rings. The van der Waals surface area contributed by atoms with E-state index < -0.39 is 15.8 Å². The number of carbonyl (C=O) groups is 1. The molecule has 0 atom stereocenters. The summed E-state index contributed by atoms with van der Waals surface area (Å²) in [6.45, 7) is 0. The van der Waals surface area contributed by atoms with Crippen LogP contribution in [0.4, 0.5) is 11.4 Å². The fraction of sp³-hybridized carbons (Fsp3) is 0.292. The Morgan fingerprint density at radius 3 is 2.39 bits per heavy atom. The standard InChI is InChI=1S/C24H24N2O5S2/c27-22(15-17-6-8-18(9-7-17)26-33(28,29)23-5-4-14-32-23)25-19-10-11-20-21(16-19)31-24(30-20)12-2-1-3-13-24/h4-11,14,16,26H,1-3,12-13,15H2,(H,25,27). The van der Waals surface area contributed by atoms with Crippen LogP contribution in [0.2, 0.25) is 0 Å². The predicted molar refractivity (Wildman–Crippen MR) is 127 cm³/mol. The number of amides is 1. The normalized spacial score (nSPS) is 16.5. The zero-order valence-corrected chi connectivity index (χ0v) is 19.5. The molecule has 1 aliphatic carbocycles. The van der Waals surface area contributed by atoms with Crippen molar-refractivity contribution in [3.05, 3.63) is 65.5 Å². The summed E-state index contributed by atoms with van der Waals surface area (Å²) in [5, 5.41) is 4.61. The lowest BCUT2D eigenvalue weighted by atomic mass is 9.94. The number of hydrogen-bond acceptors (Lipinski definition) is 6. The van der Waals surface area contributed by atoms with Gasteiger partial charge in [0.15, 0.2) is 11.5 Å². The second kappa shape index (κ2) is 8.72. The third-order valence-electron chi connectivity index (χ3n) is 5.77. The summed E-state index contributed by atoms with van der Waals surface area (Å²) in [6, 6.07) is 15.5. The van der Waals surface area contributed by atoms with Crippen LogP contribution in [0.25, 0.3) is 0 Å². The van der Waals surface area contributed by atoms with E-state index in [9.17, 15) is 13.2 Å². The van der Waals surface area contributed by atoms with Crippen molar-refractivity contribution in [2.45, 2.75) is 48.5 Å². The van der Waals surface area contributed by atoms with Crippen molar-refractivity contribution in [1.82, 2.24) is 0 Å². The van der Waals surface area contributed by atoms with Crippen LogP contribution in [0.15, 0.2) is 64.2 Å². The molecule has 5 rings (SSSR count). The number of benzene rings is 2. The molecule has 2 heterocycles. The van der Waals surface area contributed by atoms with Crippen LogP contribution in [0, 0.1) is 0 Å². The molecule has 0 unspecified atom stereocenters. The molecule has 2 aromatic carbocycles. The highest BCUT2D eigenvalue weighted by Crippen LogP contribution is 2.46. The Morgan fingerprint density at radius 2 is 1.67 bits per heavy atom. The molecule has 3 aromatic rings. The first-order chi connectivity index (χ1) is 15.9. The van der Waals surface area contributed by atoms with Crippen molar-refractivity contribution in [3.8, 4) is 11.5 Å². The highest BCUT2D eigenvalue weighted by molar-refractivity contribution is 7.94. The molecule has 2 N–H and O–H groups in total. The molecule has 0 bridgehead atoms. The molecule has 7 nitrogen and oxygen atoms in total. The van der Waals surface area contributed by atoms with Gasteiger partial charge >= 0.3 is 0 Å². The number of thiophene rings is 1. The minimum absolute atomic E-state index is 0.163. The van der Waals surface area contributed by atoms with E-state index in [1.54, 1.807) is 47.8 Å². The minimum Gasteiger partial charge on any atom is -0.448 e. The Bertz CT molecular complexity index is 1250. The fourth-order valence-electron chi connectivity index (χ4n) is 4.17. The summed E-state index contributed by atoms with van der Waals surface area (Å²) in [5.41, 5.74) is 1.86. The molecule has 1 aromatic heterocycles. The average molecular weight is 485 g/mol. The van der Waals surface area contributed by atoms with E-state index >= 15 is 0 Å². The SMILES string of the molecule is O=C(Cc1ccc(NS(=O)(=O)c2cccs2)cc1)Nc1ccc2c(c1)OC1(CCCCC1)O2. The van der Waals surface area contributed by atoms with Crippen molar-refractivity contribution in [2.24, 2.45) is 0 Å². The molecule has 33 heavy (non-hydrogen) atoms. The summed E-state index contributed by atoms with van der Waals surface area (Å²) >= 11 is 1.16. The van der Waals surface area contributed by atoms with E-state index in [-0.39, 0.29) is 16.5 Å². The van der Waals surface area contributed by atoms with E-state index in [1.807, 2.05) is 12.1 Å². The summed E-state index contributed by atoms with van der Waals surface area (Å²) in [7, 11) is -3.59. The first kappa shape index (κ1) is 21.8. The molecule has 0 radical (unpaired) electrons. The van der Waals surface area contributed by atoms with Crippen molar-refractivity contribution in [2.75, 3.05) is 10.0 Å². The number of carbonyl (C=O) groups excluding carboxylic acids is 1. The molecule has 1 saturated carbocycles. The maximum atomic E-state index is 12.6. The van der Waals surface area contributed by atoms with Crippen LogP contribution in [-0.4, -0.2) is 20.1 Å². The molecule has 172 valence electrons. The third kappa shape index (κ3) is 4.84. The molecule has 1 aliphatic heterocycles. The lowest BCUT2D eigenvalue weighted by Crippen LogP contribution is -2.40. The molecule has 2 aliphatic rings. The van der Waals surface area contributed by atoms with Gasteiger partial charge in [-0.2, -0.15) is 0 Å². The van der Waals surface area contributed by atoms with Gasteiger partial charge in [-0.15, -0.1) is 11.3 Å². The van der Waals surface area contributed by atoms with Gasteiger partial charge in [0.05, 0.1) is 6.42 Å². The van der Waals surface area contributed by atoms with E-state index in [2.05, 4.69) is 10.0 Å². The summed E-state index contributed by atoms with van der Waals surface area (Å²) in [5.74, 6) is 0.663. The highest BCUT2D eigenvalue weighted by Gasteiger charge is 2.42. The monoisotopic (exact) mass is 484 g/mol. The highest BCUT2D eigenvalue weighted by atomic mass is 32.2. The summed E-state index contributed by atoms with van der Waals surface area (Å²) < 4.78 is 39.7. The van der Waals surface area contributed by atoms with Crippen LogP contribution in [0.1, 0.15) is 37.7 Å². The Hall–Kier alpha value is -3.04. The second-order valence-corrected chi connectivity index (χ2v) is 11.2. The van der Waals surface area contributed by atoms with Gasteiger partial charge in [-0.3, -0.25) is 9.52 Å². The predicted octanol–water partition coefficient (Wildman–Crippen LogP) is 5.16. The first-order valence-corrected chi connectivity index (χ1v) is 13.2. The number of ether oxygens (including phenoxy) is 2. The van der Waals surface area contributed by atoms with E-state index in [0.717, 1.165) is 48.3 Å². The molecule has 0 saturated heterocycles. The number of rotatable bonds is 6. The van der Waals surface area contributed by atoms with E-state index in [0.29, 0.717) is 17.1 Å². The van der Waals surface area contributed by atoms with Crippen molar-refractivity contribution >= 4 is 38.6 Å². The summed E-state index contributed by atoms with van der Waals surface area (Å²) in [4.78, 5) is 12.6.